The fraction of sp³-hybridized carbons (Fsp3) is 0. The van der Waals surface area contributed by atoms with Crippen molar-refractivity contribution in [3.05, 3.63) is 108 Å². The minimum absolute atomic E-state index is 0.0612. The summed E-state index contributed by atoms with van der Waals surface area (Å²) >= 11 is 5.44. The van der Waals surface area contributed by atoms with Gasteiger partial charge in [-0.2, -0.15) is 0 Å². The topological polar surface area (TPSA) is 84.2 Å². The Morgan fingerprint density at radius 1 is 0.742 bits per heavy atom. The Morgan fingerprint density at radius 2 is 1.29 bits per heavy atom. The van der Waals surface area contributed by atoms with E-state index in [2.05, 4.69) is 15.6 Å². The van der Waals surface area contributed by atoms with Gasteiger partial charge in [0, 0.05) is 16.7 Å². The Kier molecular flexibility index (Phi) is 5.96. The van der Waals surface area contributed by atoms with Crippen molar-refractivity contribution < 1.29 is 14.0 Å². The number of rotatable bonds is 5. The van der Waals surface area contributed by atoms with Crippen LogP contribution in [-0.4, -0.2) is 21.8 Å². The molecule has 0 fully saturated rings. The number of oxazole rings is 1. The van der Waals surface area contributed by atoms with Crippen LogP contribution in [-0.2, 0) is 0 Å². The maximum Gasteiger partial charge on any atom is 0.282 e. The minimum atomic E-state index is -0.696. The second kappa shape index (κ2) is 9.15. The first-order valence-corrected chi connectivity index (χ1v) is 9.86. The van der Waals surface area contributed by atoms with Crippen LogP contribution in [0.15, 0.2) is 95.4 Å². The van der Waals surface area contributed by atoms with Crippen LogP contribution in [0, 0.1) is 0 Å². The number of benzene rings is 3. The molecule has 4 rings (SSSR count). The molecule has 0 unspecified atom stereocenters. The second-order valence-electron chi connectivity index (χ2n) is 6.53. The third kappa shape index (κ3) is 4.73. The first-order valence-electron chi connectivity index (χ1n) is 9.45. The number of amides is 2. The number of thiocarbonyl (C=S) groups is 1. The van der Waals surface area contributed by atoms with Gasteiger partial charge in [0.05, 0.1) is 0 Å². The van der Waals surface area contributed by atoms with Crippen molar-refractivity contribution in [2.24, 2.45) is 0 Å². The molecule has 3 aromatic carbocycles. The number of hydrogen-bond acceptors (Lipinski definition) is 5. The standard InChI is InChI=1S/C24H17N3O3S/c28-20(16-10-4-1-5-11-16)26-21(29)19-23(27-24(31)18-14-8-3-9-15-18)30-22(25-19)17-12-6-2-7-13-17/h1-15H,(H,27,31)(H,26,28,29). The van der Waals surface area contributed by atoms with Crippen LogP contribution in [0.25, 0.3) is 11.5 Å². The minimum Gasteiger partial charge on any atom is -0.419 e. The highest BCUT2D eigenvalue weighted by atomic mass is 32.1. The summed E-state index contributed by atoms with van der Waals surface area (Å²) in [6.45, 7) is 0. The number of hydrogen-bond donors (Lipinski definition) is 2. The molecule has 4 aromatic rings. The number of imide groups is 1. The summed E-state index contributed by atoms with van der Waals surface area (Å²) in [4.78, 5) is 30.0. The third-order valence-corrected chi connectivity index (χ3v) is 4.73. The van der Waals surface area contributed by atoms with E-state index in [1.165, 1.54) is 0 Å². The summed E-state index contributed by atoms with van der Waals surface area (Å²) in [5.41, 5.74) is 1.73. The Morgan fingerprint density at radius 3 is 1.90 bits per heavy atom. The summed E-state index contributed by atoms with van der Waals surface area (Å²) in [6, 6.07) is 26.8. The maximum atomic E-state index is 12.9. The Labute approximate surface area is 183 Å². The second-order valence-corrected chi connectivity index (χ2v) is 6.94. The Balaban J connectivity index is 1.64. The first kappa shape index (κ1) is 20.2. The van der Waals surface area contributed by atoms with Crippen LogP contribution >= 0.6 is 12.2 Å². The zero-order valence-electron chi connectivity index (χ0n) is 16.2. The molecule has 0 bridgehead atoms. The van der Waals surface area contributed by atoms with Crippen LogP contribution in [0.5, 0.6) is 0 Å². The van der Waals surface area contributed by atoms with Gasteiger partial charge < -0.3 is 9.73 Å². The van der Waals surface area contributed by atoms with Crippen molar-refractivity contribution in [2.75, 3.05) is 5.32 Å². The first-order chi connectivity index (χ1) is 15.1. The molecule has 7 heteroatoms. The predicted octanol–water partition coefficient (Wildman–Crippen LogP) is 4.70. The quantitative estimate of drug-likeness (QED) is 0.355. The van der Waals surface area contributed by atoms with Crippen molar-refractivity contribution in [2.45, 2.75) is 0 Å². The van der Waals surface area contributed by atoms with E-state index < -0.39 is 11.8 Å². The van der Waals surface area contributed by atoms with Gasteiger partial charge in [-0.05, 0) is 24.3 Å². The molecule has 31 heavy (non-hydrogen) atoms. The lowest BCUT2D eigenvalue weighted by molar-refractivity contribution is 0.0847. The van der Waals surface area contributed by atoms with Gasteiger partial charge in [-0.25, -0.2) is 4.98 Å². The molecule has 0 aliphatic heterocycles. The van der Waals surface area contributed by atoms with Crippen LogP contribution in [0.1, 0.15) is 26.4 Å². The molecule has 0 aliphatic rings. The van der Waals surface area contributed by atoms with Crippen molar-refractivity contribution in [3.8, 4) is 11.5 Å². The van der Waals surface area contributed by atoms with Gasteiger partial charge in [0.15, 0.2) is 5.69 Å². The van der Waals surface area contributed by atoms with Crippen molar-refractivity contribution >= 4 is 34.9 Å². The number of anilines is 1. The van der Waals surface area contributed by atoms with E-state index in [-0.39, 0.29) is 17.5 Å². The van der Waals surface area contributed by atoms with E-state index in [4.69, 9.17) is 16.6 Å². The summed E-state index contributed by atoms with van der Waals surface area (Å²) in [5, 5.41) is 5.29. The highest BCUT2D eigenvalue weighted by Crippen LogP contribution is 2.26. The zero-order valence-corrected chi connectivity index (χ0v) is 17.1. The molecule has 0 spiro atoms. The van der Waals surface area contributed by atoms with Gasteiger partial charge in [-0.3, -0.25) is 14.9 Å². The van der Waals surface area contributed by atoms with Crippen molar-refractivity contribution in [3.63, 3.8) is 0 Å². The molecule has 0 saturated heterocycles. The third-order valence-electron chi connectivity index (χ3n) is 4.39. The van der Waals surface area contributed by atoms with Crippen molar-refractivity contribution in [1.82, 2.24) is 10.3 Å². The summed E-state index contributed by atoms with van der Waals surface area (Å²) < 4.78 is 5.82. The molecule has 0 atom stereocenters. The average Bonchev–Trinajstić information content (AvgIpc) is 3.24. The van der Waals surface area contributed by atoms with E-state index >= 15 is 0 Å². The largest absolute Gasteiger partial charge is 0.419 e. The maximum absolute atomic E-state index is 12.9. The highest BCUT2D eigenvalue weighted by molar-refractivity contribution is 7.81. The van der Waals surface area contributed by atoms with Gasteiger partial charge in [0.2, 0.25) is 11.8 Å². The number of carbonyl (C=O) groups excluding carboxylic acids is 2. The monoisotopic (exact) mass is 427 g/mol. The van der Waals surface area contributed by atoms with Gasteiger partial charge in [0.1, 0.15) is 4.99 Å². The summed E-state index contributed by atoms with van der Waals surface area (Å²) in [7, 11) is 0. The number of nitrogens with zero attached hydrogens (tertiary/aromatic N) is 1. The van der Waals surface area contributed by atoms with Crippen LogP contribution in [0.4, 0.5) is 5.88 Å². The number of nitrogens with one attached hydrogen (secondary N) is 2. The molecule has 152 valence electrons. The normalized spacial score (nSPS) is 10.3. The molecule has 2 amide bonds. The average molecular weight is 427 g/mol. The molecule has 0 aliphatic carbocycles. The van der Waals surface area contributed by atoms with E-state index in [1.807, 2.05) is 60.7 Å². The smallest absolute Gasteiger partial charge is 0.282 e. The molecule has 6 nitrogen and oxygen atoms in total. The van der Waals surface area contributed by atoms with Crippen LogP contribution in [0.3, 0.4) is 0 Å². The fourth-order valence-electron chi connectivity index (χ4n) is 2.85. The SMILES string of the molecule is O=C(NC(=O)c1nc(-c2ccccc2)oc1NC(=S)c1ccccc1)c1ccccc1. The molecule has 1 heterocycles. The van der Waals surface area contributed by atoms with Gasteiger partial charge in [0.25, 0.3) is 11.8 Å². The van der Waals surface area contributed by atoms with Gasteiger partial charge >= 0.3 is 0 Å². The molecular weight excluding hydrogens is 410 g/mol. The predicted molar refractivity (Wildman–Crippen MR) is 122 cm³/mol. The van der Waals surface area contributed by atoms with Crippen molar-refractivity contribution in [1.29, 1.82) is 0 Å². The van der Waals surface area contributed by atoms with E-state index in [0.29, 0.717) is 16.1 Å². The van der Waals surface area contributed by atoms with E-state index in [0.717, 1.165) is 5.56 Å². The fourth-order valence-corrected chi connectivity index (χ4v) is 3.08. The lowest BCUT2D eigenvalue weighted by Gasteiger charge is -2.07. The van der Waals surface area contributed by atoms with Crippen LogP contribution in [0.2, 0.25) is 0 Å². The van der Waals surface area contributed by atoms with Crippen LogP contribution < -0.4 is 10.6 Å². The number of carbonyl (C=O) groups is 2. The highest BCUT2D eigenvalue weighted by Gasteiger charge is 2.24. The Bertz CT molecular complexity index is 1220. The molecular formula is C24H17N3O3S. The molecule has 0 saturated carbocycles. The molecule has 2 N–H and O–H groups in total. The summed E-state index contributed by atoms with van der Waals surface area (Å²) in [6.07, 6.45) is 0. The van der Waals surface area contributed by atoms with E-state index in [9.17, 15) is 9.59 Å². The molecule has 1 aromatic heterocycles. The zero-order chi connectivity index (χ0) is 21.6. The lowest BCUT2D eigenvalue weighted by atomic mass is 10.2. The number of aromatic nitrogens is 1. The molecule has 0 radical (unpaired) electrons. The lowest BCUT2D eigenvalue weighted by Crippen LogP contribution is -2.31. The van der Waals surface area contributed by atoms with Gasteiger partial charge in [-0.1, -0.05) is 78.9 Å². The summed E-state index contributed by atoms with van der Waals surface area (Å²) in [5.74, 6) is -0.938. The van der Waals surface area contributed by atoms with E-state index in [1.54, 1.807) is 30.3 Å². The Hall–Kier alpha value is -4.10. The van der Waals surface area contributed by atoms with Gasteiger partial charge in [-0.15, -0.1) is 0 Å².